The van der Waals surface area contributed by atoms with Crippen molar-refractivity contribution >= 4 is 56.0 Å². The lowest BCUT2D eigenvalue weighted by Gasteiger charge is -2.16. The van der Waals surface area contributed by atoms with E-state index in [1.54, 1.807) is 6.08 Å². The Morgan fingerprint density at radius 3 is 2.96 bits per heavy atom. The van der Waals surface area contributed by atoms with Gasteiger partial charge in [0, 0.05) is 10.5 Å². The lowest BCUT2D eigenvalue weighted by molar-refractivity contribution is -0.116. The summed E-state index contributed by atoms with van der Waals surface area (Å²) < 4.78 is 6.74. The summed E-state index contributed by atoms with van der Waals surface area (Å²) >= 11 is 4.81. The van der Waals surface area contributed by atoms with E-state index < -0.39 is 0 Å². The van der Waals surface area contributed by atoms with E-state index in [1.165, 1.54) is 11.8 Å². The number of allylic oxidation sites excluding steroid dienone is 2. The van der Waals surface area contributed by atoms with E-state index in [9.17, 15) is 4.79 Å². The van der Waals surface area contributed by atoms with E-state index in [4.69, 9.17) is 4.42 Å². The fourth-order valence-corrected chi connectivity index (χ4v) is 3.49. The SMILES string of the molecule is C/C=C(\C)c1ccc(/C=C2\SC(=Nc3cccc(Br)c3)CNC2=O)o1. The first-order valence-electron chi connectivity index (χ1n) is 7.79. The molecule has 1 saturated heterocycles. The van der Waals surface area contributed by atoms with Crippen molar-refractivity contribution in [3.05, 3.63) is 63.4 Å². The highest BCUT2D eigenvalue weighted by molar-refractivity contribution is 9.10. The Balaban J connectivity index is 1.83. The molecule has 2 aromatic rings. The second kappa shape index (κ2) is 7.89. The number of carbonyl (C=O) groups is 1. The number of hydrogen-bond acceptors (Lipinski definition) is 4. The summed E-state index contributed by atoms with van der Waals surface area (Å²) in [5.41, 5.74) is 1.90. The Labute approximate surface area is 159 Å². The van der Waals surface area contributed by atoms with Crippen molar-refractivity contribution in [3.8, 4) is 0 Å². The van der Waals surface area contributed by atoms with Crippen molar-refractivity contribution < 1.29 is 9.21 Å². The third-order valence-electron chi connectivity index (χ3n) is 3.64. The van der Waals surface area contributed by atoms with Gasteiger partial charge >= 0.3 is 0 Å². The van der Waals surface area contributed by atoms with Crippen molar-refractivity contribution in [2.24, 2.45) is 4.99 Å². The van der Waals surface area contributed by atoms with E-state index in [-0.39, 0.29) is 5.91 Å². The van der Waals surface area contributed by atoms with Crippen LogP contribution in [-0.4, -0.2) is 17.5 Å². The van der Waals surface area contributed by atoms with E-state index in [1.807, 2.05) is 56.3 Å². The molecule has 0 atom stereocenters. The second-order valence-corrected chi connectivity index (χ2v) is 7.48. The summed E-state index contributed by atoms with van der Waals surface area (Å²) in [5.74, 6) is 1.34. The van der Waals surface area contributed by atoms with Crippen LogP contribution < -0.4 is 5.32 Å². The van der Waals surface area contributed by atoms with Crippen molar-refractivity contribution in [3.63, 3.8) is 0 Å². The summed E-state index contributed by atoms with van der Waals surface area (Å²) in [4.78, 5) is 17.3. The zero-order chi connectivity index (χ0) is 17.8. The molecule has 0 radical (unpaired) electrons. The Morgan fingerprint density at radius 2 is 2.20 bits per heavy atom. The molecule has 3 rings (SSSR count). The van der Waals surface area contributed by atoms with Gasteiger partial charge in [-0.05, 0) is 49.8 Å². The van der Waals surface area contributed by atoms with Gasteiger partial charge in [-0.2, -0.15) is 0 Å². The molecule has 0 spiro atoms. The maximum atomic E-state index is 12.1. The quantitative estimate of drug-likeness (QED) is 0.681. The first kappa shape index (κ1) is 17.8. The van der Waals surface area contributed by atoms with Crippen LogP contribution in [0.1, 0.15) is 25.4 Å². The zero-order valence-corrected chi connectivity index (χ0v) is 16.3. The normalized spacial score (nSPS) is 18.7. The van der Waals surface area contributed by atoms with Crippen LogP contribution in [-0.2, 0) is 4.79 Å². The number of nitrogens with one attached hydrogen (secondary N) is 1. The molecule has 1 fully saturated rings. The lowest BCUT2D eigenvalue weighted by Crippen LogP contribution is -2.33. The molecule has 128 valence electrons. The molecule has 1 aliphatic rings. The minimum absolute atomic E-state index is 0.112. The van der Waals surface area contributed by atoms with Crippen LogP contribution in [0.5, 0.6) is 0 Å². The predicted octanol–water partition coefficient (Wildman–Crippen LogP) is 5.40. The number of carbonyl (C=O) groups excluding carboxylic acids is 1. The van der Waals surface area contributed by atoms with Gasteiger partial charge in [0.15, 0.2) is 0 Å². The molecule has 6 heteroatoms. The Morgan fingerprint density at radius 1 is 1.36 bits per heavy atom. The molecule has 1 amide bonds. The molecule has 0 aliphatic carbocycles. The number of amides is 1. The van der Waals surface area contributed by atoms with Crippen LogP contribution in [0.2, 0.25) is 0 Å². The fraction of sp³-hybridized carbons (Fsp3) is 0.158. The van der Waals surface area contributed by atoms with Gasteiger partial charge in [-0.1, -0.05) is 39.8 Å². The van der Waals surface area contributed by atoms with Gasteiger partial charge in [-0.25, -0.2) is 4.99 Å². The van der Waals surface area contributed by atoms with Crippen LogP contribution in [0.25, 0.3) is 11.6 Å². The Hall–Kier alpha value is -2.05. The van der Waals surface area contributed by atoms with E-state index in [0.717, 1.165) is 26.5 Å². The number of thioether (sulfide) groups is 1. The van der Waals surface area contributed by atoms with Gasteiger partial charge in [0.05, 0.1) is 22.2 Å². The Kier molecular flexibility index (Phi) is 5.60. The first-order chi connectivity index (χ1) is 12.0. The first-order valence-corrected chi connectivity index (χ1v) is 9.40. The minimum Gasteiger partial charge on any atom is -0.457 e. The number of furan rings is 1. The van der Waals surface area contributed by atoms with Crippen LogP contribution in [0, 0.1) is 0 Å². The van der Waals surface area contributed by atoms with Gasteiger partial charge in [0.25, 0.3) is 5.91 Å². The molecule has 1 aliphatic heterocycles. The van der Waals surface area contributed by atoms with Crippen LogP contribution in [0.15, 0.2) is 61.3 Å². The molecule has 2 heterocycles. The number of benzene rings is 1. The number of nitrogens with zero attached hydrogens (tertiary/aromatic N) is 1. The molecule has 0 unspecified atom stereocenters. The highest BCUT2D eigenvalue weighted by atomic mass is 79.9. The number of hydrogen-bond donors (Lipinski definition) is 1. The summed E-state index contributed by atoms with van der Waals surface area (Å²) in [7, 11) is 0. The molecular formula is C19H17BrN2O2S. The molecule has 25 heavy (non-hydrogen) atoms. The van der Waals surface area contributed by atoms with Gasteiger partial charge in [0.1, 0.15) is 11.5 Å². The lowest BCUT2D eigenvalue weighted by atomic mass is 10.2. The minimum atomic E-state index is -0.112. The standard InChI is InChI=1S/C19H17BrN2O2S/c1-3-12(2)16-8-7-15(24-16)10-17-19(23)21-11-18(25-17)22-14-6-4-5-13(20)9-14/h3-10H,11H2,1-2H3,(H,21,23)/b12-3+,17-10-,22-18?. The number of aliphatic imine (C=N–C) groups is 1. The summed E-state index contributed by atoms with van der Waals surface area (Å²) in [6.45, 7) is 4.38. The second-order valence-electron chi connectivity index (χ2n) is 5.45. The third kappa shape index (κ3) is 4.52. The zero-order valence-electron chi connectivity index (χ0n) is 13.9. The third-order valence-corrected chi connectivity index (χ3v) is 5.12. The molecule has 0 saturated carbocycles. The van der Waals surface area contributed by atoms with Crippen molar-refractivity contribution in [2.75, 3.05) is 6.54 Å². The van der Waals surface area contributed by atoms with Crippen molar-refractivity contribution in [1.82, 2.24) is 5.32 Å². The number of halogens is 1. The number of rotatable bonds is 3. The topological polar surface area (TPSA) is 54.6 Å². The molecule has 0 bridgehead atoms. The van der Waals surface area contributed by atoms with Gasteiger partial charge in [0.2, 0.25) is 0 Å². The molecule has 4 nitrogen and oxygen atoms in total. The summed E-state index contributed by atoms with van der Waals surface area (Å²) in [6, 6.07) is 11.5. The molecule has 1 aromatic carbocycles. The van der Waals surface area contributed by atoms with E-state index in [2.05, 4.69) is 26.2 Å². The van der Waals surface area contributed by atoms with Crippen LogP contribution >= 0.6 is 27.7 Å². The van der Waals surface area contributed by atoms with Crippen molar-refractivity contribution in [2.45, 2.75) is 13.8 Å². The highest BCUT2D eigenvalue weighted by Crippen LogP contribution is 2.28. The largest absolute Gasteiger partial charge is 0.457 e. The molecule has 1 N–H and O–H groups in total. The summed E-state index contributed by atoms with van der Waals surface area (Å²) in [5, 5.41) is 3.69. The monoisotopic (exact) mass is 416 g/mol. The molecular weight excluding hydrogens is 400 g/mol. The average Bonchev–Trinajstić information content (AvgIpc) is 3.06. The van der Waals surface area contributed by atoms with Crippen LogP contribution in [0.4, 0.5) is 5.69 Å². The summed E-state index contributed by atoms with van der Waals surface area (Å²) in [6.07, 6.45) is 3.74. The fourth-order valence-electron chi connectivity index (χ4n) is 2.21. The van der Waals surface area contributed by atoms with Gasteiger partial charge < -0.3 is 9.73 Å². The smallest absolute Gasteiger partial charge is 0.258 e. The van der Waals surface area contributed by atoms with Crippen molar-refractivity contribution in [1.29, 1.82) is 0 Å². The average molecular weight is 417 g/mol. The van der Waals surface area contributed by atoms with E-state index >= 15 is 0 Å². The van der Waals surface area contributed by atoms with Crippen LogP contribution in [0.3, 0.4) is 0 Å². The predicted molar refractivity (Wildman–Crippen MR) is 108 cm³/mol. The maximum absolute atomic E-state index is 12.1. The van der Waals surface area contributed by atoms with E-state index in [0.29, 0.717) is 17.2 Å². The highest BCUT2D eigenvalue weighted by Gasteiger charge is 2.21. The molecule has 1 aromatic heterocycles. The van der Waals surface area contributed by atoms with Gasteiger partial charge in [-0.15, -0.1) is 0 Å². The maximum Gasteiger partial charge on any atom is 0.258 e. The Bertz CT molecular complexity index is 896. The van der Waals surface area contributed by atoms with Gasteiger partial charge in [-0.3, -0.25) is 4.79 Å².